The molecule has 0 fully saturated rings. The first-order chi connectivity index (χ1) is 17.5. The van der Waals surface area contributed by atoms with Gasteiger partial charge in [-0.05, 0) is 36.3 Å². The Morgan fingerprint density at radius 3 is 2.05 bits per heavy atom. The third-order valence-electron chi connectivity index (χ3n) is 5.94. The highest BCUT2D eigenvalue weighted by molar-refractivity contribution is 7.98. The predicted molar refractivity (Wildman–Crippen MR) is 141 cm³/mol. The van der Waals surface area contributed by atoms with Gasteiger partial charge in [0.05, 0.1) is 6.04 Å². The molecule has 0 spiro atoms. The van der Waals surface area contributed by atoms with Gasteiger partial charge in [-0.1, -0.05) is 50.6 Å². The van der Waals surface area contributed by atoms with Crippen molar-refractivity contribution in [3.8, 4) is 0 Å². The van der Waals surface area contributed by atoms with Crippen molar-refractivity contribution >= 4 is 41.4 Å². The van der Waals surface area contributed by atoms with E-state index in [9.17, 15) is 29.1 Å². The molecule has 0 saturated heterocycles. The second-order valence-corrected chi connectivity index (χ2v) is 9.83. The Balaban J connectivity index is 3.14. The molecule has 5 atom stereocenters. The van der Waals surface area contributed by atoms with E-state index in [-0.39, 0.29) is 18.8 Å². The molecule has 0 aliphatic heterocycles. The van der Waals surface area contributed by atoms with E-state index in [1.54, 1.807) is 44.2 Å². The van der Waals surface area contributed by atoms with Crippen LogP contribution in [-0.2, 0) is 30.4 Å². The first kappa shape index (κ1) is 31.9. The molecule has 7 N–H and O–H groups in total. The molecule has 206 valence electrons. The highest BCUT2D eigenvalue weighted by Gasteiger charge is 2.32. The molecule has 0 aliphatic carbocycles. The van der Waals surface area contributed by atoms with Crippen LogP contribution >= 0.6 is 11.8 Å². The molecule has 0 saturated carbocycles. The highest BCUT2D eigenvalue weighted by atomic mass is 32.2. The minimum atomic E-state index is -1.25. The minimum absolute atomic E-state index is 0.0537. The van der Waals surface area contributed by atoms with Crippen molar-refractivity contribution in [3.63, 3.8) is 0 Å². The number of amides is 3. The van der Waals surface area contributed by atoms with Crippen molar-refractivity contribution in [3.05, 3.63) is 35.9 Å². The summed E-state index contributed by atoms with van der Waals surface area (Å²) in [6.45, 7) is 3.50. The number of thioether (sulfide) groups is 1. The first-order valence-electron chi connectivity index (χ1n) is 12.1. The molecule has 11 nitrogen and oxygen atoms in total. The zero-order valence-corrected chi connectivity index (χ0v) is 22.3. The molecular formula is C25H38N4O7S. The number of carbonyl (C=O) groups is 5. The molecule has 37 heavy (non-hydrogen) atoms. The second-order valence-electron chi connectivity index (χ2n) is 8.84. The van der Waals surface area contributed by atoms with E-state index in [0.29, 0.717) is 24.2 Å². The Bertz CT molecular complexity index is 916. The number of carboxylic acid groups (broad SMARTS) is 2. The largest absolute Gasteiger partial charge is 0.481 e. The van der Waals surface area contributed by atoms with E-state index in [1.807, 2.05) is 6.26 Å². The van der Waals surface area contributed by atoms with E-state index in [0.717, 1.165) is 0 Å². The SMILES string of the molecule is CCC(C)C(NC(=O)C(Cc1ccccc1)NC(=O)C(CCC(=O)O)NC(=O)C(N)CCSC)C(=O)O. The fourth-order valence-corrected chi connectivity index (χ4v) is 3.95. The molecule has 0 bridgehead atoms. The van der Waals surface area contributed by atoms with E-state index in [4.69, 9.17) is 10.8 Å². The normalized spacial score (nSPS) is 14.9. The third-order valence-corrected chi connectivity index (χ3v) is 6.59. The second kappa shape index (κ2) is 16.6. The lowest BCUT2D eigenvalue weighted by molar-refractivity contribution is -0.143. The lowest BCUT2D eigenvalue weighted by Gasteiger charge is -2.26. The molecule has 5 unspecified atom stereocenters. The number of nitrogens with one attached hydrogen (secondary N) is 3. The quantitative estimate of drug-likeness (QED) is 0.166. The van der Waals surface area contributed by atoms with Gasteiger partial charge >= 0.3 is 11.9 Å². The Labute approximate surface area is 221 Å². The van der Waals surface area contributed by atoms with Crippen LogP contribution in [0.15, 0.2) is 30.3 Å². The van der Waals surface area contributed by atoms with Crippen molar-refractivity contribution in [1.29, 1.82) is 0 Å². The Kier molecular flexibility index (Phi) is 14.3. The monoisotopic (exact) mass is 538 g/mol. The molecule has 0 heterocycles. The van der Waals surface area contributed by atoms with Crippen LogP contribution in [0.2, 0.25) is 0 Å². The fraction of sp³-hybridized carbons (Fsp3) is 0.560. The average Bonchev–Trinajstić information content (AvgIpc) is 2.87. The summed E-state index contributed by atoms with van der Waals surface area (Å²) >= 11 is 1.51. The van der Waals surface area contributed by atoms with Gasteiger partial charge in [0.15, 0.2) is 0 Å². The van der Waals surface area contributed by atoms with Gasteiger partial charge in [-0.15, -0.1) is 0 Å². The van der Waals surface area contributed by atoms with Gasteiger partial charge in [-0.2, -0.15) is 11.8 Å². The fourth-order valence-electron chi connectivity index (χ4n) is 3.46. The summed E-state index contributed by atoms with van der Waals surface area (Å²) in [5, 5.41) is 26.3. The van der Waals surface area contributed by atoms with E-state index >= 15 is 0 Å². The summed E-state index contributed by atoms with van der Waals surface area (Å²) in [4.78, 5) is 61.8. The van der Waals surface area contributed by atoms with Crippen LogP contribution in [0.4, 0.5) is 0 Å². The zero-order valence-electron chi connectivity index (χ0n) is 21.4. The highest BCUT2D eigenvalue weighted by Crippen LogP contribution is 2.11. The van der Waals surface area contributed by atoms with Gasteiger partial charge in [0.1, 0.15) is 18.1 Å². The van der Waals surface area contributed by atoms with Crippen LogP contribution < -0.4 is 21.7 Å². The van der Waals surface area contributed by atoms with Gasteiger partial charge in [-0.25, -0.2) is 4.79 Å². The average molecular weight is 539 g/mol. The maximum absolute atomic E-state index is 13.2. The summed E-state index contributed by atoms with van der Waals surface area (Å²) in [6.07, 6.45) is 2.17. The maximum Gasteiger partial charge on any atom is 0.326 e. The number of carbonyl (C=O) groups excluding carboxylic acids is 3. The molecule has 0 aliphatic rings. The molecule has 3 amide bonds. The van der Waals surface area contributed by atoms with Crippen molar-refractivity contribution in [2.75, 3.05) is 12.0 Å². The van der Waals surface area contributed by atoms with E-state index in [1.165, 1.54) is 11.8 Å². The molecule has 0 aromatic heterocycles. The minimum Gasteiger partial charge on any atom is -0.481 e. The number of hydrogen-bond donors (Lipinski definition) is 6. The van der Waals surface area contributed by atoms with Crippen molar-refractivity contribution in [2.24, 2.45) is 11.7 Å². The topological polar surface area (TPSA) is 188 Å². The standard InChI is InChI=1S/C25H38N4O7S/c1-4-15(2)21(25(35)36)29-24(34)19(14-16-8-6-5-7-9-16)28-23(33)18(10-11-20(30)31)27-22(32)17(26)12-13-37-3/h5-9,15,17-19,21H,4,10-14,26H2,1-3H3,(H,27,32)(H,28,33)(H,29,34)(H,30,31)(H,35,36). The van der Waals surface area contributed by atoms with Gasteiger partial charge < -0.3 is 31.9 Å². The summed E-state index contributed by atoms with van der Waals surface area (Å²) < 4.78 is 0. The van der Waals surface area contributed by atoms with Gasteiger partial charge in [0.2, 0.25) is 17.7 Å². The van der Waals surface area contributed by atoms with Gasteiger partial charge in [0.25, 0.3) is 0 Å². The summed E-state index contributed by atoms with van der Waals surface area (Å²) in [7, 11) is 0. The lowest BCUT2D eigenvalue weighted by Crippen LogP contribution is -2.58. The predicted octanol–water partition coefficient (Wildman–Crippen LogP) is 0.759. The number of rotatable bonds is 17. The van der Waals surface area contributed by atoms with Crippen molar-refractivity contribution < 1.29 is 34.2 Å². The lowest BCUT2D eigenvalue weighted by atomic mass is 9.98. The molecule has 12 heteroatoms. The van der Waals surface area contributed by atoms with Crippen LogP contribution in [0.25, 0.3) is 0 Å². The van der Waals surface area contributed by atoms with Crippen LogP contribution in [-0.4, -0.2) is 76.0 Å². The number of hydrogen-bond acceptors (Lipinski definition) is 7. The molecule has 1 aromatic carbocycles. The molecule has 0 radical (unpaired) electrons. The van der Waals surface area contributed by atoms with E-state index in [2.05, 4.69) is 16.0 Å². The first-order valence-corrected chi connectivity index (χ1v) is 13.5. The van der Waals surface area contributed by atoms with Crippen LogP contribution in [0.3, 0.4) is 0 Å². The smallest absolute Gasteiger partial charge is 0.326 e. The zero-order chi connectivity index (χ0) is 28.0. The van der Waals surface area contributed by atoms with Gasteiger partial charge in [0, 0.05) is 12.8 Å². The maximum atomic E-state index is 13.2. The molecular weight excluding hydrogens is 500 g/mol. The van der Waals surface area contributed by atoms with Crippen LogP contribution in [0.5, 0.6) is 0 Å². The summed E-state index contributed by atoms with van der Waals surface area (Å²) in [6, 6.07) is 4.35. The van der Waals surface area contributed by atoms with Crippen molar-refractivity contribution in [2.45, 2.75) is 70.1 Å². The number of carboxylic acids is 2. The summed E-state index contributed by atoms with van der Waals surface area (Å²) in [5.74, 6) is -4.16. The van der Waals surface area contributed by atoms with E-state index < -0.39 is 60.2 Å². The third kappa shape index (κ3) is 11.6. The number of benzene rings is 1. The number of aliphatic carboxylic acids is 2. The molecule has 1 rings (SSSR count). The van der Waals surface area contributed by atoms with Crippen molar-refractivity contribution in [1.82, 2.24) is 16.0 Å². The number of nitrogens with two attached hydrogens (primary N) is 1. The van der Waals surface area contributed by atoms with Crippen LogP contribution in [0.1, 0.15) is 45.1 Å². The Hall–Kier alpha value is -3.12. The van der Waals surface area contributed by atoms with Crippen LogP contribution in [0, 0.1) is 5.92 Å². The Morgan fingerprint density at radius 1 is 0.919 bits per heavy atom. The van der Waals surface area contributed by atoms with Gasteiger partial charge in [-0.3, -0.25) is 19.2 Å². The summed E-state index contributed by atoms with van der Waals surface area (Å²) in [5.41, 5.74) is 6.60. The Morgan fingerprint density at radius 2 is 1.51 bits per heavy atom. The molecule has 1 aromatic rings.